The fourth-order valence-corrected chi connectivity index (χ4v) is 2.08. The van der Waals surface area contributed by atoms with E-state index in [0.29, 0.717) is 24.8 Å². The summed E-state index contributed by atoms with van der Waals surface area (Å²) >= 11 is 0. The van der Waals surface area contributed by atoms with Gasteiger partial charge in [-0.25, -0.2) is 9.97 Å². The molecule has 0 aliphatic heterocycles. The number of hydrogen-bond donors (Lipinski definition) is 2. The minimum absolute atomic E-state index is 0.194. The van der Waals surface area contributed by atoms with Gasteiger partial charge in [0.1, 0.15) is 0 Å². The van der Waals surface area contributed by atoms with E-state index in [0.717, 1.165) is 17.4 Å². The topological polar surface area (TPSA) is 78.9 Å². The number of para-hydroxylation sites is 1. The first-order valence-corrected chi connectivity index (χ1v) is 6.86. The quantitative estimate of drug-likeness (QED) is 0.624. The van der Waals surface area contributed by atoms with Crippen LogP contribution in [0.2, 0.25) is 0 Å². The highest BCUT2D eigenvalue weighted by Gasteiger charge is 2.12. The zero-order valence-corrected chi connectivity index (χ0v) is 12.0. The largest absolute Gasteiger partial charge is 0.388 e. The van der Waals surface area contributed by atoms with Gasteiger partial charge in [0.25, 0.3) is 0 Å². The molecule has 0 aliphatic rings. The molecule has 1 aromatic carbocycles. The molecule has 5 heteroatoms. The van der Waals surface area contributed by atoms with Crippen LogP contribution in [0, 0.1) is 11.3 Å². The number of nitrogens with two attached hydrogens (primary N) is 1. The smallest absolute Gasteiger partial charge is 0.225 e. The van der Waals surface area contributed by atoms with Gasteiger partial charge in [-0.1, -0.05) is 32.0 Å². The summed E-state index contributed by atoms with van der Waals surface area (Å²) in [4.78, 5) is 11.1. The van der Waals surface area contributed by atoms with Gasteiger partial charge in [-0.05, 0) is 12.0 Å². The Bertz CT molecular complexity index is 594. The summed E-state index contributed by atoms with van der Waals surface area (Å²) in [5.41, 5.74) is 6.39. The maximum Gasteiger partial charge on any atom is 0.225 e. The van der Waals surface area contributed by atoms with Crippen LogP contribution in [0.1, 0.15) is 20.3 Å². The molecular weight excluding hydrogens is 250 g/mol. The van der Waals surface area contributed by atoms with E-state index >= 15 is 0 Å². The van der Waals surface area contributed by atoms with Gasteiger partial charge in [-0.15, -0.1) is 0 Å². The zero-order chi connectivity index (χ0) is 14.5. The van der Waals surface area contributed by atoms with Crippen LogP contribution in [0.3, 0.4) is 0 Å². The highest BCUT2D eigenvalue weighted by Crippen LogP contribution is 2.16. The summed E-state index contributed by atoms with van der Waals surface area (Å²) in [6.45, 7) is 5.83. The molecule has 0 saturated heterocycles. The Morgan fingerprint density at radius 3 is 2.80 bits per heavy atom. The van der Waals surface area contributed by atoms with Gasteiger partial charge in [0.15, 0.2) is 0 Å². The van der Waals surface area contributed by atoms with E-state index in [2.05, 4.69) is 28.7 Å². The van der Waals surface area contributed by atoms with E-state index in [-0.39, 0.29) is 5.84 Å². The third kappa shape index (κ3) is 3.66. The average Bonchev–Trinajstić information content (AvgIpc) is 2.42. The number of rotatable bonds is 6. The van der Waals surface area contributed by atoms with Crippen molar-refractivity contribution in [3.8, 4) is 0 Å². The van der Waals surface area contributed by atoms with Crippen LogP contribution in [0.25, 0.3) is 10.9 Å². The maximum atomic E-state index is 7.37. The summed E-state index contributed by atoms with van der Waals surface area (Å²) < 4.78 is 0. The molecule has 0 amide bonds. The van der Waals surface area contributed by atoms with Gasteiger partial charge >= 0.3 is 0 Å². The SMILES string of the molecule is CC(C)CN(CCC(=N)N)c1ncc2ccccc2n1. The Hall–Kier alpha value is -2.17. The molecule has 0 saturated carbocycles. The van der Waals surface area contributed by atoms with Crippen LogP contribution in [0.5, 0.6) is 0 Å². The minimum atomic E-state index is 0.194. The molecule has 5 nitrogen and oxygen atoms in total. The van der Waals surface area contributed by atoms with Crippen molar-refractivity contribution in [2.45, 2.75) is 20.3 Å². The second-order valence-corrected chi connectivity index (χ2v) is 5.34. The van der Waals surface area contributed by atoms with Crippen molar-refractivity contribution >= 4 is 22.7 Å². The van der Waals surface area contributed by atoms with Crippen LogP contribution < -0.4 is 10.6 Å². The molecule has 0 aliphatic carbocycles. The number of hydrogen-bond acceptors (Lipinski definition) is 4. The molecule has 0 spiro atoms. The number of anilines is 1. The van der Waals surface area contributed by atoms with Crippen molar-refractivity contribution in [3.63, 3.8) is 0 Å². The number of nitrogens with one attached hydrogen (secondary N) is 1. The van der Waals surface area contributed by atoms with Gasteiger partial charge in [0, 0.05) is 31.1 Å². The lowest BCUT2D eigenvalue weighted by Crippen LogP contribution is -2.32. The monoisotopic (exact) mass is 271 g/mol. The second-order valence-electron chi connectivity index (χ2n) is 5.34. The predicted molar refractivity (Wildman–Crippen MR) is 83.1 cm³/mol. The van der Waals surface area contributed by atoms with E-state index in [1.54, 1.807) is 0 Å². The van der Waals surface area contributed by atoms with Crippen molar-refractivity contribution < 1.29 is 0 Å². The number of amidine groups is 1. The van der Waals surface area contributed by atoms with Gasteiger partial charge < -0.3 is 10.6 Å². The average molecular weight is 271 g/mol. The number of aromatic nitrogens is 2. The molecule has 1 aromatic heterocycles. The highest BCUT2D eigenvalue weighted by atomic mass is 15.2. The number of fused-ring (bicyclic) bond motifs is 1. The number of nitrogens with zero attached hydrogens (tertiary/aromatic N) is 3. The molecule has 0 radical (unpaired) electrons. The van der Waals surface area contributed by atoms with Crippen molar-refractivity contribution in [2.75, 3.05) is 18.0 Å². The van der Waals surface area contributed by atoms with Gasteiger partial charge in [-0.2, -0.15) is 0 Å². The lowest BCUT2D eigenvalue weighted by atomic mass is 10.2. The molecule has 0 fully saturated rings. The summed E-state index contributed by atoms with van der Waals surface area (Å²) in [6, 6.07) is 7.94. The first-order valence-electron chi connectivity index (χ1n) is 6.86. The summed E-state index contributed by atoms with van der Waals surface area (Å²) in [6.07, 6.45) is 2.38. The molecule has 2 rings (SSSR count). The third-order valence-electron chi connectivity index (χ3n) is 3.00. The fraction of sp³-hybridized carbons (Fsp3) is 0.400. The molecule has 0 unspecified atom stereocenters. The van der Waals surface area contributed by atoms with Crippen LogP contribution in [0.4, 0.5) is 5.95 Å². The van der Waals surface area contributed by atoms with Crippen molar-refractivity contribution in [3.05, 3.63) is 30.5 Å². The van der Waals surface area contributed by atoms with Gasteiger partial charge in [0.2, 0.25) is 5.95 Å². The van der Waals surface area contributed by atoms with E-state index in [1.807, 2.05) is 30.5 Å². The van der Waals surface area contributed by atoms with Crippen LogP contribution in [-0.2, 0) is 0 Å². The molecule has 106 valence electrons. The van der Waals surface area contributed by atoms with Crippen LogP contribution in [0.15, 0.2) is 30.5 Å². The van der Waals surface area contributed by atoms with E-state index in [1.165, 1.54) is 0 Å². The Kier molecular flexibility index (Phi) is 4.50. The third-order valence-corrected chi connectivity index (χ3v) is 3.00. The Morgan fingerprint density at radius 1 is 1.35 bits per heavy atom. The Balaban J connectivity index is 2.26. The lowest BCUT2D eigenvalue weighted by Gasteiger charge is -2.24. The first kappa shape index (κ1) is 14.2. The standard InChI is InChI=1S/C15H21N5/c1-11(2)10-20(8-7-14(16)17)15-18-9-12-5-3-4-6-13(12)19-15/h3-6,9,11H,7-8,10H2,1-2H3,(H3,16,17). The zero-order valence-electron chi connectivity index (χ0n) is 12.0. The molecule has 0 atom stereocenters. The maximum absolute atomic E-state index is 7.37. The molecule has 2 aromatic rings. The summed E-state index contributed by atoms with van der Waals surface area (Å²) in [5.74, 6) is 1.40. The Labute approximate surface area is 119 Å². The van der Waals surface area contributed by atoms with Crippen molar-refractivity contribution in [2.24, 2.45) is 11.7 Å². The summed E-state index contributed by atoms with van der Waals surface area (Å²) in [5, 5.41) is 8.41. The number of benzene rings is 1. The van der Waals surface area contributed by atoms with E-state index in [4.69, 9.17) is 11.1 Å². The Morgan fingerprint density at radius 2 is 2.10 bits per heavy atom. The normalized spacial score (nSPS) is 10.9. The van der Waals surface area contributed by atoms with Crippen molar-refractivity contribution in [1.29, 1.82) is 5.41 Å². The molecule has 20 heavy (non-hydrogen) atoms. The lowest BCUT2D eigenvalue weighted by molar-refractivity contribution is 0.604. The van der Waals surface area contributed by atoms with Crippen molar-refractivity contribution in [1.82, 2.24) is 9.97 Å². The summed E-state index contributed by atoms with van der Waals surface area (Å²) in [7, 11) is 0. The van der Waals surface area contributed by atoms with Crippen LogP contribution in [-0.4, -0.2) is 28.9 Å². The highest BCUT2D eigenvalue weighted by molar-refractivity contribution is 5.79. The predicted octanol–water partition coefficient (Wildman–Crippen LogP) is 2.42. The van der Waals surface area contributed by atoms with Gasteiger partial charge in [0.05, 0.1) is 11.4 Å². The molecule has 1 heterocycles. The van der Waals surface area contributed by atoms with Crippen LogP contribution >= 0.6 is 0 Å². The molecule has 3 N–H and O–H groups in total. The first-order chi connectivity index (χ1) is 9.56. The molecule has 0 bridgehead atoms. The molecular formula is C15H21N5. The van der Waals surface area contributed by atoms with E-state index in [9.17, 15) is 0 Å². The second kappa shape index (κ2) is 6.32. The minimum Gasteiger partial charge on any atom is -0.388 e. The van der Waals surface area contributed by atoms with E-state index < -0.39 is 0 Å². The fourth-order valence-electron chi connectivity index (χ4n) is 2.08. The van der Waals surface area contributed by atoms with Gasteiger partial charge in [-0.3, -0.25) is 5.41 Å².